The van der Waals surface area contributed by atoms with Crippen LogP contribution in [0.5, 0.6) is 5.75 Å². The third-order valence-corrected chi connectivity index (χ3v) is 4.01. The average molecular weight is 271 g/mol. The fourth-order valence-corrected chi connectivity index (χ4v) is 2.68. The first-order valence-electron chi connectivity index (χ1n) is 6.21. The summed E-state index contributed by atoms with van der Waals surface area (Å²) in [6, 6.07) is 1.76. The summed E-state index contributed by atoms with van der Waals surface area (Å²) in [5.74, 6) is 0.622. The van der Waals surface area contributed by atoms with Gasteiger partial charge in [0.05, 0.1) is 13.2 Å². The van der Waals surface area contributed by atoms with E-state index in [9.17, 15) is 9.90 Å². The molecule has 0 aliphatic rings. The van der Waals surface area contributed by atoms with Gasteiger partial charge in [0.2, 0.25) is 0 Å². The monoisotopic (exact) mass is 271 g/mol. The van der Waals surface area contributed by atoms with Crippen molar-refractivity contribution >= 4 is 17.2 Å². The van der Waals surface area contributed by atoms with E-state index in [-0.39, 0.29) is 18.4 Å². The van der Waals surface area contributed by atoms with E-state index in [2.05, 4.69) is 5.32 Å². The van der Waals surface area contributed by atoms with Crippen LogP contribution in [0.15, 0.2) is 11.4 Å². The topological polar surface area (TPSA) is 58.6 Å². The van der Waals surface area contributed by atoms with Crippen LogP contribution < -0.4 is 10.1 Å². The summed E-state index contributed by atoms with van der Waals surface area (Å²) in [5.41, 5.74) is 0. The molecule has 1 atom stereocenters. The van der Waals surface area contributed by atoms with Crippen LogP contribution in [-0.4, -0.2) is 30.8 Å². The lowest BCUT2D eigenvalue weighted by atomic mass is 9.96. The Hall–Kier alpha value is -1.07. The summed E-state index contributed by atoms with van der Waals surface area (Å²) >= 11 is 1.34. The van der Waals surface area contributed by atoms with Crippen molar-refractivity contribution in [3.8, 4) is 5.75 Å². The largest absolute Gasteiger partial charge is 0.495 e. The Morgan fingerprint density at radius 3 is 2.72 bits per heavy atom. The van der Waals surface area contributed by atoms with E-state index in [1.165, 1.54) is 18.4 Å². The zero-order valence-electron chi connectivity index (χ0n) is 11.1. The third kappa shape index (κ3) is 3.71. The van der Waals surface area contributed by atoms with Gasteiger partial charge in [-0.05, 0) is 17.4 Å². The number of thiophene rings is 1. The summed E-state index contributed by atoms with van der Waals surface area (Å²) in [7, 11) is 1.54. The molecule has 1 unspecified atom stereocenters. The van der Waals surface area contributed by atoms with E-state index in [1.54, 1.807) is 6.07 Å². The van der Waals surface area contributed by atoms with Crippen LogP contribution >= 0.6 is 11.3 Å². The molecule has 102 valence electrons. The van der Waals surface area contributed by atoms with Crippen LogP contribution in [0.25, 0.3) is 0 Å². The Bertz CT molecular complexity index is 374. The molecule has 4 nitrogen and oxygen atoms in total. The Labute approximate surface area is 112 Å². The lowest BCUT2D eigenvalue weighted by Crippen LogP contribution is -2.35. The number of amides is 1. The van der Waals surface area contributed by atoms with Crippen LogP contribution in [0.1, 0.15) is 36.4 Å². The van der Waals surface area contributed by atoms with E-state index in [4.69, 9.17) is 4.74 Å². The van der Waals surface area contributed by atoms with Crippen molar-refractivity contribution < 1.29 is 14.6 Å². The van der Waals surface area contributed by atoms with Gasteiger partial charge in [0.25, 0.3) is 5.91 Å². The van der Waals surface area contributed by atoms with Gasteiger partial charge in [0.15, 0.2) is 0 Å². The molecule has 1 amide bonds. The Kier molecular flexibility index (Phi) is 6.15. The van der Waals surface area contributed by atoms with Crippen molar-refractivity contribution in [1.29, 1.82) is 0 Å². The predicted octanol–water partition coefficient (Wildman–Crippen LogP) is 2.28. The van der Waals surface area contributed by atoms with Crippen molar-refractivity contribution in [3.63, 3.8) is 0 Å². The van der Waals surface area contributed by atoms with E-state index < -0.39 is 6.10 Å². The summed E-state index contributed by atoms with van der Waals surface area (Å²) < 4.78 is 5.09. The molecule has 0 aliphatic heterocycles. The number of hydrogen-bond acceptors (Lipinski definition) is 4. The molecule has 2 N–H and O–H groups in total. The van der Waals surface area contributed by atoms with Gasteiger partial charge in [0.1, 0.15) is 10.6 Å². The van der Waals surface area contributed by atoms with Crippen LogP contribution in [0.3, 0.4) is 0 Å². The number of ether oxygens (including phenoxy) is 1. The number of aliphatic hydroxyl groups is 1. The molecule has 1 aromatic heterocycles. The minimum atomic E-state index is -0.491. The molecule has 0 radical (unpaired) electrons. The van der Waals surface area contributed by atoms with Crippen molar-refractivity contribution in [1.82, 2.24) is 5.32 Å². The number of carbonyl (C=O) groups excluding carboxylic acids is 1. The first-order valence-corrected chi connectivity index (χ1v) is 7.09. The summed E-state index contributed by atoms with van der Waals surface area (Å²) in [4.78, 5) is 12.4. The van der Waals surface area contributed by atoms with E-state index in [0.717, 1.165) is 12.8 Å². The van der Waals surface area contributed by atoms with Gasteiger partial charge < -0.3 is 15.2 Å². The van der Waals surface area contributed by atoms with Crippen LogP contribution in [-0.2, 0) is 0 Å². The molecule has 1 heterocycles. The maximum absolute atomic E-state index is 11.9. The van der Waals surface area contributed by atoms with Gasteiger partial charge in [-0.1, -0.05) is 26.7 Å². The maximum Gasteiger partial charge on any atom is 0.265 e. The van der Waals surface area contributed by atoms with Crippen molar-refractivity contribution in [2.75, 3.05) is 13.7 Å². The number of carbonyl (C=O) groups is 1. The predicted molar refractivity (Wildman–Crippen MR) is 73.3 cm³/mol. The van der Waals surface area contributed by atoms with E-state index in [0.29, 0.717) is 10.6 Å². The maximum atomic E-state index is 11.9. The summed E-state index contributed by atoms with van der Waals surface area (Å²) in [6.45, 7) is 4.37. The zero-order valence-corrected chi connectivity index (χ0v) is 11.9. The highest BCUT2D eigenvalue weighted by molar-refractivity contribution is 7.12. The molecule has 1 aromatic rings. The SMILES string of the molecule is CCC(CC)C(O)CNC(=O)c1sccc1OC. The number of rotatable bonds is 7. The van der Waals surface area contributed by atoms with Crippen molar-refractivity contribution in [3.05, 3.63) is 16.3 Å². The third-order valence-electron chi connectivity index (χ3n) is 3.12. The molecule has 0 aromatic carbocycles. The second-order valence-corrected chi connectivity index (χ2v) is 5.09. The molecule has 0 saturated carbocycles. The molecule has 0 aliphatic carbocycles. The first-order chi connectivity index (χ1) is 8.63. The average Bonchev–Trinajstić information content (AvgIpc) is 2.85. The molecular weight excluding hydrogens is 250 g/mol. The van der Waals surface area contributed by atoms with Gasteiger partial charge in [-0.25, -0.2) is 0 Å². The van der Waals surface area contributed by atoms with Gasteiger partial charge in [-0.3, -0.25) is 4.79 Å². The normalized spacial score (nSPS) is 12.5. The Balaban J connectivity index is 2.51. The molecule has 0 fully saturated rings. The summed E-state index contributed by atoms with van der Waals surface area (Å²) in [5, 5.41) is 14.5. The molecule has 1 rings (SSSR count). The van der Waals surface area contributed by atoms with Gasteiger partial charge >= 0.3 is 0 Å². The minimum Gasteiger partial charge on any atom is -0.495 e. The Morgan fingerprint density at radius 1 is 1.50 bits per heavy atom. The quantitative estimate of drug-likeness (QED) is 0.800. The van der Waals surface area contributed by atoms with Gasteiger partial charge in [-0.15, -0.1) is 11.3 Å². The smallest absolute Gasteiger partial charge is 0.265 e. The molecule has 0 spiro atoms. The number of hydrogen-bond donors (Lipinski definition) is 2. The highest BCUT2D eigenvalue weighted by Crippen LogP contribution is 2.24. The first kappa shape index (κ1) is 15.0. The second-order valence-electron chi connectivity index (χ2n) is 4.17. The highest BCUT2D eigenvalue weighted by Gasteiger charge is 2.18. The molecule has 18 heavy (non-hydrogen) atoms. The van der Waals surface area contributed by atoms with Gasteiger partial charge in [0, 0.05) is 6.54 Å². The number of aliphatic hydroxyl groups excluding tert-OH is 1. The fourth-order valence-electron chi connectivity index (χ4n) is 1.90. The Morgan fingerprint density at radius 2 is 2.17 bits per heavy atom. The van der Waals surface area contributed by atoms with Crippen LogP contribution in [0, 0.1) is 5.92 Å². The lowest BCUT2D eigenvalue weighted by molar-refractivity contribution is 0.0817. The highest BCUT2D eigenvalue weighted by atomic mass is 32.1. The summed E-state index contributed by atoms with van der Waals surface area (Å²) in [6.07, 6.45) is 1.33. The number of methoxy groups -OCH3 is 1. The van der Waals surface area contributed by atoms with E-state index >= 15 is 0 Å². The number of nitrogens with one attached hydrogen (secondary N) is 1. The van der Waals surface area contributed by atoms with Crippen molar-refractivity contribution in [2.24, 2.45) is 5.92 Å². The molecule has 5 heteroatoms. The molecular formula is C13H21NO3S. The van der Waals surface area contributed by atoms with Gasteiger partial charge in [-0.2, -0.15) is 0 Å². The second kappa shape index (κ2) is 7.38. The minimum absolute atomic E-state index is 0.188. The standard InChI is InChI=1S/C13H21NO3S/c1-4-9(5-2)10(15)8-14-13(16)12-11(17-3)6-7-18-12/h6-7,9-10,15H,4-5,8H2,1-3H3,(H,14,16). The fraction of sp³-hybridized carbons (Fsp3) is 0.615. The lowest BCUT2D eigenvalue weighted by Gasteiger charge is -2.20. The molecule has 0 saturated heterocycles. The molecule has 0 bridgehead atoms. The van der Waals surface area contributed by atoms with Crippen LogP contribution in [0.2, 0.25) is 0 Å². The van der Waals surface area contributed by atoms with Crippen molar-refractivity contribution in [2.45, 2.75) is 32.8 Å². The zero-order chi connectivity index (χ0) is 13.5. The van der Waals surface area contributed by atoms with Crippen LogP contribution in [0.4, 0.5) is 0 Å². The van der Waals surface area contributed by atoms with E-state index in [1.807, 2.05) is 19.2 Å².